The van der Waals surface area contributed by atoms with Gasteiger partial charge in [-0.2, -0.15) is 0 Å². The zero-order chi connectivity index (χ0) is 20.2. The van der Waals surface area contributed by atoms with E-state index in [4.69, 9.17) is 0 Å². The Kier molecular flexibility index (Phi) is 6.16. The third-order valence-electron chi connectivity index (χ3n) is 5.57. The normalized spacial score (nSPS) is 23.8. The molecule has 2 fully saturated rings. The molecule has 3 N–H and O–H groups in total. The van der Waals surface area contributed by atoms with Gasteiger partial charge in [0.05, 0.1) is 5.69 Å². The summed E-state index contributed by atoms with van der Waals surface area (Å²) in [6, 6.07) is 10.5. The van der Waals surface area contributed by atoms with Gasteiger partial charge in [-0.15, -0.1) is 22.0 Å². The second kappa shape index (κ2) is 8.97. The van der Waals surface area contributed by atoms with E-state index in [1.807, 2.05) is 30.0 Å². The molecule has 0 aliphatic carbocycles. The minimum atomic E-state index is -0.190. The van der Waals surface area contributed by atoms with E-state index in [1.54, 1.807) is 25.3 Å². The van der Waals surface area contributed by atoms with Crippen LogP contribution in [0.1, 0.15) is 37.7 Å². The van der Waals surface area contributed by atoms with Gasteiger partial charge in [-0.05, 0) is 61.6 Å². The zero-order valence-corrected chi connectivity index (χ0v) is 17.3. The minimum absolute atomic E-state index is 0.116. The fourth-order valence-corrected chi connectivity index (χ4v) is 5.36. The number of hydrogen-bond acceptors (Lipinski definition) is 6. The number of piperidine rings is 2. The summed E-state index contributed by atoms with van der Waals surface area (Å²) in [6.45, 7) is 0. The molecule has 0 spiro atoms. The molecule has 2 saturated heterocycles. The third kappa shape index (κ3) is 4.97. The fraction of sp³-hybridized carbons (Fsp3) is 0.409. The Labute approximate surface area is 175 Å². The Bertz CT molecular complexity index is 888. The van der Waals surface area contributed by atoms with Crippen LogP contribution in [0.15, 0.2) is 41.4 Å². The van der Waals surface area contributed by atoms with Crippen LogP contribution in [0.3, 0.4) is 0 Å². The number of phenolic OH excluding ortho intramolecular Hbond substituents is 1. The van der Waals surface area contributed by atoms with Gasteiger partial charge in [-0.3, -0.25) is 4.79 Å². The van der Waals surface area contributed by atoms with Crippen molar-refractivity contribution in [2.24, 2.45) is 0 Å². The number of hydrogen-bond donors (Lipinski definition) is 3. The fourth-order valence-electron chi connectivity index (χ4n) is 4.13. The van der Waals surface area contributed by atoms with Crippen LogP contribution in [-0.4, -0.2) is 45.6 Å². The van der Waals surface area contributed by atoms with Gasteiger partial charge in [-0.25, -0.2) is 0 Å². The van der Waals surface area contributed by atoms with E-state index >= 15 is 0 Å². The molecule has 29 heavy (non-hydrogen) atoms. The maximum Gasteiger partial charge on any atom is 0.243 e. The topological polar surface area (TPSA) is 87.1 Å². The monoisotopic (exact) mass is 410 g/mol. The number of benzene rings is 1. The van der Waals surface area contributed by atoms with Crippen molar-refractivity contribution in [2.45, 2.75) is 54.5 Å². The van der Waals surface area contributed by atoms with Gasteiger partial charge < -0.3 is 15.7 Å². The number of nitrogens with zero attached hydrogens (tertiary/aromatic N) is 2. The molecular formula is C22H26N4O2S. The number of rotatable bonds is 5. The Morgan fingerprint density at radius 1 is 1.21 bits per heavy atom. The number of amides is 1. The predicted octanol–water partition coefficient (Wildman–Crippen LogP) is 3.37. The average molecular weight is 411 g/mol. The number of phenols is 1. The number of carbonyl (C=O) groups excluding carboxylic acids is 1. The molecule has 1 aromatic carbocycles. The largest absolute Gasteiger partial charge is 0.507 e. The number of thioether (sulfide) groups is 1. The number of likely N-dealkylation sites (N-methyl/N-ethyl adjacent to an activating group) is 1. The van der Waals surface area contributed by atoms with Crippen LogP contribution >= 0.6 is 11.8 Å². The van der Waals surface area contributed by atoms with Crippen LogP contribution in [0.2, 0.25) is 0 Å². The summed E-state index contributed by atoms with van der Waals surface area (Å²) in [4.78, 5) is 11.3. The molecule has 152 valence electrons. The lowest BCUT2D eigenvalue weighted by Gasteiger charge is -2.39. The van der Waals surface area contributed by atoms with Crippen LogP contribution in [0.25, 0.3) is 17.3 Å². The molecule has 2 aromatic rings. The lowest BCUT2D eigenvalue weighted by Crippen LogP contribution is -2.49. The van der Waals surface area contributed by atoms with E-state index in [-0.39, 0.29) is 11.7 Å². The van der Waals surface area contributed by atoms with Crippen molar-refractivity contribution in [3.8, 4) is 17.0 Å². The molecule has 4 rings (SSSR count). The van der Waals surface area contributed by atoms with Crippen molar-refractivity contribution < 1.29 is 9.90 Å². The molecular weight excluding hydrogens is 384 g/mol. The molecule has 2 unspecified atom stereocenters. The maximum absolute atomic E-state index is 11.3. The van der Waals surface area contributed by atoms with Gasteiger partial charge in [0, 0.05) is 36.0 Å². The highest BCUT2D eigenvalue weighted by molar-refractivity contribution is 7.99. The molecule has 3 heterocycles. The SMILES string of the molecule is CNC(=O)/C=C/c1ccc(-c2ccc(SC3CC4CCCC(C3)N4)nn2)c(O)c1. The van der Waals surface area contributed by atoms with Gasteiger partial charge in [0.2, 0.25) is 5.91 Å². The van der Waals surface area contributed by atoms with Gasteiger partial charge in [-0.1, -0.05) is 12.5 Å². The highest BCUT2D eigenvalue weighted by atomic mass is 32.2. The van der Waals surface area contributed by atoms with Crippen molar-refractivity contribution in [2.75, 3.05) is 7.05 Å². The highest BCUT2D eigenvalue weighted by Gasteiger charge is 2.31. The van der Waals surface area contributed by atoms with Crippen molar-refractivity contribution >= 4 is 23.7 Å². The summed E-state index contributed by atoms with van der Waals surface area (Å²) in [6.07, 6.45) is 9.37. The van der Waals surface area contributed by atoms with E-state index in [2.05, 4.69) is 20.8 Å². The first-order chi connectivity index (χ1) is 14.1. The molecule has 0 saturated carbocycles. The van der Waals surface area contributed by atoms with Crippen LogP contribution < -0.4 is 10.6 Å². The molecule has 2 aliphatic heterocycles. The van der Waals surface area contributed by atoms with Gasteiger partial charge >= 0.3 is 0 Å². The van der Waals surface area contributed by atoms with E-state index in [0.717, 1.165) is 10.6 Å². The number of nitrogens with one attached hydrogen (secondary N) is 2. The molecule has 2 atom stereocenters. The standard InChI is InChI=1S/C22H26N4O2S/c1-23-21(28)9-6-14-5-7-18(20(27)11-14)19-8-10-22(26-25-19)29-17-12-15-3-2-4-16(13-17)24-15/h5-11,15-17,24,27H,2-4,12-13H2,1H3,(H,23,28)/b9-6+. The lowest BCUT2D eigenvalue weighted by molar-refractivity contribution is -0.115. The molecule has 6 nitrogen and oxygen atoms in total. The smallest absolute Gasteiger partial charge is 0.243 e. The molecule has 7 heteroatoms. The number of fused-ring (bicyclic) bond motifs is 2. The van der Waals surface area contributed by atoms with E-state index in [0.29, 0.717) is 28.6 Å². The Morgan fingerprint density at radius 2 is 2.00 bits per heavy atom. The van der Waals surface area contributed by atoms with Crippen molar-refractivity contribution in [1.29, 1.82) is 0 Å². The predicted molar refractivity (Wildman–Crippen MR) is 116 cm³/mol. The van der Waals surface area contributed by atoms with E-state index in [1.165, 1.54) is 38.2 Å². The van der Waals surface area contributed by atoms with Crippen LogP contribution in [0.5, 0.6) is 5.75 Å². The van der Waals surface area contributed by atoms with Gasteiger partial charge in [0.25, 0.3) is 0 Å². The Morgan fingerprint density at radius 3 is 2.66 bits per heavy atom. The lowest BCUT2D eigenvalue weighted by atomic mass is 9.87. The quantitative estimate of drug-likeness (QED) is 0.655. The summed E-state index contributed by atoms with van der Waals surface area (Å²) in [5.41, 5.74) is 2.00. The first-order valence-electron chi connectivity index (χ1n) is 10.1. The Hall–Kier alpha value is -2.38. The summed E-state index contributed by atoms with van der Waals surface area (Å²) >= 11 is 1.82. The minimum Gasteiger partial charge on any atom is -0.507 e. The first-order valence-corrected chi connectivity index (χ1v) is 11.0. The average Bonchev–Trinajstić information content (AvgIpc) is 2.72. The molecule has 2 bridgehead atoms. The van der Waals surface area contributed by atoms with E-state index < -0.39 is 0 Å². The van der Waals surface area contributed by atoms with Crippen molar-refractivity contribution in [3.05, 3.63) is 42.0 Å². The summed E-state index contributed by atoms with van der Waals surface area (Å²) in [7, 11) is 1.57. The summed E-state index contributed by atoms with van der Waals surface area (Å²) in [5, 5.41) is 26.9. The Balaban J connectivity index is 1.42. The van der Waals surface area contributed by atoms with Crippen LogP contribution in [0, 0.1) is 0 Å². The molecule has 1 aromatic heterocycles. The summed E-state index contributed by atoms with van der Waals surface area (Å²) in [5.74, 6) is -0.0742. The molecule has 2 aliphatic rings. The number of carbonyl (C=O) groups is 1. The zero-order valence-electron chi connectivity index (χ0n) is 16.5. The van der Waals surface area contributed by atoms with Gasteiger partial charge in [0.1, 0.15) is 10.8 Å². The maximum atomic E-state index is 11.3. The van der Waals surface area contributed by atoms with Crippen LogP contribution in [0.4, 0.5) is 0 Å². The van der Waals surface area contributed by atoms with E-state index in [9.17, 15) is 9.90 Å². The molecule has 1 amide bonds. The first kappa shape index (κ1) is 19.9. The molecule has 0 radical (unpaired) electrons. The highest BCUT2D eigenvalue weighted by Crippen LogP contribution is 2.36. The van der Waals surface area contributed by atoms with Crippen molar-refractivity contribution in [1.82, 2.24) is 20.8 Å². The van der Waals surface area contributed by atoms with Crippen molar-refractivity contribution in [3.63, 3.8) is 0 Å². The van der Waals surface area contributed by atoms with Gasteiger partial charge in [0.15, 0.2) is 0 Å². The third-order valence-corrected chi connectivity index (χ3v) is 6.75. The second-order valence-corrected chi connectivity index (χ2v) is 9.00. The summed E-state index contributed by atoms with van der Waals surface area (Å²) < 4.78 is 0. The number of aromatic nitrogens is 2. The van der Waals surface area contributed by atoms with Crippen LogP contribution in [-0.2, 0) is 4.79 Å². The number of aromatic hydroxyl groups is 1. The second-order valence-electron chi connectivity index (χ2n) is 7.68.